The monoisotopic (exact) mass is 386 g/mol. The zero-order chi connectivity index (χ0) is 19.6. The summed E-state index contributed by atoms with van der Waals surface area (Å²) in [7, 11) is -0.139. The molecule has 142 valence electrons. The lowest BCUT2D eigenvalue weighted by atomic mass is 10.2. The van der Waals surface area contributed by atoms with Crippen molar-refractivity contribution < 1.29 is 17.9 Å². The first-order valence-electron chi connectivity index (χ1n) is 8.53. The first kappa shape index (κ1) is 19.0. The van der Waals surface area contributed by atoms with Gasteiger partial charge < -0.3 is 14.6 Å². The minimum Gasteiger partial charge on any atom is -0.497 e. The number of aromatic nitrogens is 1. The molecule has 0 bridgehead atoms. The van der Waals surface area contributed by atoms with E-state index in [1.165, 1.54) is 19.2 Å². The van der Waals surface area contributed by atoms with E-state index in [1.54, 1.807) is 12.1 Å². The minimum atomic E-state index is -3.48. The summed E-state index contributed by atoms with van der Waals surface area (Å²) >= 11 is 0. The molecule has 0 radical (unpaired) electrons. The van der Waals surface area contributed by atoms with Crippen LogP contribution in [0.2, 0.25) is 0 Å². The number of hydrogen-bond donors (Lipinski definition) is 1. The lowest BCUT2D eigenvalue weighted by Gasteiger charge is -2.08. The van der Waals surface area contributed by atoms with E-state index in [2.05, 4.69) is 5.32 Å². The largest absolute Gasteiger partial charge is 0.497 e. The molecule has 1 aromatic heterocycles. The number of ether oxygens (including phenoxy) is 1. The van der Waals surface area contributed by atoms with Gasteiger partial charge in [-0.05, 0) is 49.4 Å². The molecule has 27 heavy (non-hydrogen) atoms. The van der Waals surface area contributed by atoms with Gasteiger partial charge in [0.25, 0.3) is 5.91 Å². The van der Waals surface area contributed by atoms with Crippen molar-refractivity contribution in [2.45, 2.75) is 11.8 Å². The van der Waals surface area contributed by atoms with Crippen molar-refractivity contribution in [1.82, 2.24) is 9.88 Å². The van der Waals surface area contributed by atoms with Crippen molar-refractivity contribution >= 4 is 26.6 Å². The number of aryl methyl sites for hydroxylation is 2. The Hall–Kier alpha value is -2.80. The smallest absolute Gasteiger partial charge is 0.267 e. The van der Waals surface area contributed by atoms with Crippen LogP contribution in [0.1, 0.15) is 16.1 Å². The van der Waals surface area contributed by atoms with E-state index in [4.69, 9.17) is 4.74 Å². The number of nitrogens with zero attached hydrogens (tertiary/aromatic N) is 1. The van der Waals surface area contributed by atoms with Crippen molar-refractivity contribution in [2.24, 2.45) is 7.05 Å². The van der Waals surface area contributed by atoms with Gasteiger partial charge in [0, 0.05) is 24.5 Å². The number of fused-ring (bicyclic) bond motifs is 1. The molecule has 0 saturated carbocycles. The summed E-state index contributed by atoms with van der Waals surface area (Å²) in [5, 5.41) is 3.68. The minimum absolute atomic E-state index is 0.0355. The number of amides is 1. The SMILES string of the molecule is COc1ccc(S(=O)(=O)CCNC(=O)c2cc3cc(C)ccc3n2C)cc1. The number of rotatable bonds is 6. The Bertz CT molecular complexity index is 1080. The van der Waals surface area contributed by atoms with Crippen molar-refractivity contribution in [3.63, 3.8) is 0 Å². The van der Waals surface area contributed by atoms with Crippen LogP contribution in [0.4, 0.5) is 0 Å². The van der Waals surface area contributed by atoms with Crippen LogP contribution in [0.25, 0.3) is 10.9 Å². The van der Waals surface area contributed by atoms with E-state index in [-0.39, 0.29) is 23.1 Å². The van der Waals surface area contributed by atoms with Crippen LogP contribution in [-0.4, -0.2) is 38.3 Å². The third kappa shape index (κ3) is 3.98. The molecular weight excluding hydrogens is 364 g/mol. The number of benzene rings is 2. The van der Waals surface area contributed by atoms with Crippen molar-refractivity contribution in [2.75, 3.05) is 19.4 Å². The standard InChI is InChI=1S/C20H22N2O4S/c1-14-4-9-18-15(12-14)13-19(22(18)2)20(23)21-10-11-27(24,25)17-7-5-16(26-3)6-8-17/h4-9,12-13H,10-11H2,1-3H3,(H,21,23). The fraction of sp³-hybridized carbons (Fsp3) is 0.250. The Labute approximate surface area is 158 Å². The van der Waals surface area contributed by atoms with Crippen molar-refractivity contribution in [3.05, 3.63) is 59.8 Å². The fourth-order valence-electron chi connectivity index (χ4n) is 2.98. The zero-order valence-corrected chi connectivity index (χ0v) is 16.3. The second-order valence-corrected chi connectivity index (χ2v) is 8.51. The van der Waals surface area contributed by atoms with Gasteiger partial charge in [0.05, 0.1) is 17.8 Å². The molecule has 1 amide bonds. The number of carbonyl (C=O) groups is 1. The molecule has 3 rings (SSSR count). The normalized spacial score (nSPS) is 11.5. The Morgan fingerprint density at radius 2 is 1.81 bits per heavy atom. The Morgan fingerprint density at radius 1 is 1.11 bits per heavy atom. The van der Waals surface area contributed by atoms with E-state index >= 15 is 0 Å². The fourth-order valence-corrected chi connectivity index (χ4v) is 4.13. The molecule has 0 aliphatic carbocycles. The zero-order valence-electron chi connectivity index (χ0n) is 15.5. The highest BCUT2D eigenvalue weighted by Crippen LogP contribution is 2.20. The van der Waals surface area contributed by atoms with Crippen LogP contribution < -0.4 is 10.1 Å². The first-order valence-corrected chi connectivity index (χ1v) is 10.2. The average Bonchev–Trinajstić information content (AvgIpc) is 2.97. The van der Waals surface area contributed by atoms with Crippen molar-refractivity contribution in [1.29, 1.82) is 0 Å². The third-order valence-electron chi connectivity index (χ3n) is 4.51. The maximum Gasteiger partial charge on any atom is 0.267 e. The molecule has 0 atom stereocenters. The lowest BCUT2D eigenvalue weighted by Crippen LogP contribution is -2.30. The maximum absolute atomic E-state index is 12.5. The Balaban J connectivity index is 1.67. The van der Waals surface area contributed by atoms with E-state index in [1.807, 2.05) is 42.8 Å². The number of hydrogen-bond acceptors (Lipinski definition) is 4. The molecule has 0 spiro atoms. The van der Waals surface area contributed by atoms with E-state index in [9.17, 15) is 13.2 Å². The predicted molar refractivity (Wildman–Crippen MR) is 105 cm³/mol. The average molecular weight is 386 g/mol. The van der Waals surface area contributed by atoms with Gasteiger partial charge in [-0.2, -0.15) is 0 Å². The summed E-state index contributed by atoms with van der Waals surface area (Å²) in [6.45, 7) is 2.03. The highest BCUT2D eigenvalue weighted by Gasteiger charge is 2.17. The first-order chi connectivity index (χ1) is 12.8. The summed E-state index contributed by atoms with van der Waals surface area (Å²) in [5.41, 5.74) is 2.57. The van der Waals surface area contributed by atoms with Crippen molar-refractivity contribution in [3.8, 4) is 5.75 Å². The molecule has 0 aliphatic heterocycles. The van der Waals surface area contributed by atoms with E-state index in [0.29, 0.717) is 11.4 Å². The second kappa shape index (κ2) is 7.44. The summed E-state index contributed by atoms with van der Waals surface area (Å²) in [5.74, 6) is 0.123. The van der Waals surface area contributed by atoms with E-state index in [0.717, 1.165) is 16.5 Å². The Kier molecular flexibility index (Phi) is 5.23. The molecule has 0 saturated heterocycles. The molecule has 1 N–H and O–H groups in total. The van der Waals surface area contributed by atoms with Gasteiger partial charge in [0.1, 0.15) is 11.4 Å². The summed E-state index contributed by atoms with van der Waals surface area (Å²) in [6, 6.07) is 14.0. The third-order valence-corrected chi connectivity index (χ3v) is 6.24. The van der Waals surface area contributed by atoms with Crippen LogP contribution >= 0.6 is 0 Å². The van der Waals surface area contributed by atoms with Crippen LogP contribution in [0.3, 0.4) is 0 Å². The molecule has 2 aromatic carbocycles. The van der Waals surface area contributed by atoms with Crippen LogP contribution in [0.15, 0.2) is 53.4 Å². The molecule has 3 aromatic rings. The van der Waals surface area contributed by atoms with Crippen LogP contribution in [0.5, 0.6) is 5.75 Å². The number of nitrogens with one attached hydrogen (secondary N) is 1. The maximum atomic E-state index is 12.5. The van der Waals surface area contributed by atoms with Crippen LogP contribution in [-0.2, 0) is 16.9 Å². The number of carbonyl (C=O) groups excluding carboxylic acids is 1. The van der Waals surface area contributed by atoms with E-state index < -0.39 is 9.84 Å². The highest BCUT2D eigenvalue weighted by molar-refractivity contribution is 7.91. The summed E-state index contributed by atoms with van der Waals surface area (Å²) < 4.78 is 31.6. The molecule has 0 aliphatic rings. The lowest BCUT2D eigenvalue weighted by molar-refractivity contribution is 0.0948. The number of methoxy groups -OCH3 is 1. The molecular formula is C20H22N2O4S. The number of sulfone groups is 1. The van der Waals surface area contributed by atoms with Gasteiger partial charge in [-0.3, -0.25) is 4.79 Å². The van der Waals surface area contributed by atoms with Gasteiger partial charge in [-0.1, -0.05) is 11.6 Å². The Morgan fingerprint density at radius 3 is 2.48 bits per heavy atom. The summed E-state index contributed by atoms with van der Waals surface area (Å²) in [6.07, 6.45) is 0. The van der Waals surface area contributed by atoms with Gasteiger partial charge >= 0.3 is 0 Å². The molecule has 1 heterocycles. The van der Waals surface area contributed by atoms with Gasteiger partial charge in [-0.15, -0.1) is 0 Å². The van der Waals surface area contributed by atoms with Crippen LogP contribution in [0, 0.1) is 6.92 Å². The quantitative estimate of drug-likeness (QED) is 0.707. The molecule has 6 nitrogen and oxygen atoms in total. The molecule has 7 heteroatoms. The molecule has 0 unspecified atom stereocenters. The van der Waals surface area contributed by atoms with Gasteiger partial charge in [-0.25, -0.2) is 8.42 Å². The van der Waals surface area contributed by atoms with Gasteiger partial charge in [0.15, 0.2) is 9.84 Å². The topological polar surface area (TPSA) is 77.4 Å². The predicted octanol–water partition coefficient (Wildman–Crippen LogP) is 2.70. The second-order valence-electron chi connectivity index (χ2n) is 6.40. The van der Waals surface area contributed by atoms with Gasteiger partial charge in [0.2, 0.25) is 0 Å². The highest BCUT2D eigenvalue weighted by atomic mass is 32.2. The summed E-state index contributed by atoms with van der Waals surface area (Å²) in [4.78, 5) is 12.7. The molecule has 0 fully saturated rings.